The largest absolute Gasteiger partial charge is 0.355 e. The fraction of sp³-hybridized carbons (Fsp3) is 0.917. The summed E-state index contributed by atoms with van der Waals surface area (Å²) in [6, 6.07) is 0.413. The molecule has 0 aromatic rings. The van der Waals surface area contributed by atoms with Gasteiger partial charge in [-0.25, -0.2) is 0 Å². The van der Waals surface area contributed by atoms with Gasteiger partial charge < -0.3 is 20.1 Å². The lowest BCUT2D eigenvalue weighted by molar-refractivity contribution is -0.179. The predicted octanol–water partition coefficient (Wildman–Crippen LogP) is 0.398. The molecule has 0 radical (unpaired) electrons. The Morgan fingerprint density at radius 2 is 1.94 bits per heavy atom. The van der Waals surface area contributed by atoms with Gasteiger partial charge in [0.2, 0.25) is 5.91 Å². The van der Waals surface area contributed by atoms with Crippen LogP contribution in [0.15, 0.2) is 0 Å². The highest BCUT2D eigenvalue weighted by Crippen LogP contribution is 2.35. The van der Waals surface area contributed by atoms with Gasteiger partial charge in [-0.05, 0) is 19.8 Å². The Kier molecular flexibility index (Phi) is 4.36. The highest BCUT2D eigenvalue weighted by Gasteiger charge is 2.40. The molecule has 98 valence electrons. The van der Waals surface area contributed by atoms with Crippen molar-refractivity contribution in [1.82, 2.24) is 10.6 Å². The van der Waals surface area contributed by atoms with Crippen LogP contribution in [0.2, 0.25) is 0 Å². The van der Waals surface area contributed by atoms with Crippen molar-refractivity contribution in [3.05, 3.63) is 0 Å². The van der Waals surface area contributed by atoms with Gasteiger partial charge in [-0.3, -0.25) is 4.79 Å². The predicted molar refractivity (Wildman–Crippen MR) is 63.6 cm³/mol. The van der Waals surface area contributed by atoms with Crippen LogP contribution in [0, 0.1) is 0 Å². The first-order valence-electron chi connectivity index (χ1n) is 6.52. The van der Waals surface area contributed by atoms with Crippen molar-refractivity contribution >= 4 is 5.91 Å². The number of nitrogens with one attached hydrogen (secondary N) is 2. The summed E-state index contributed by atoms with van der Waals surface area (Å²) in [6.07, 6.45) is 3.89. The van der Waals surface area contributed by atoms with Crippen LogP contribution in [-0.4, -0.2) is 44.0 Å². The van der Waals surface area contributed by atoms with Crippen molar-refractivity contribution in [1.29, 1.82) is 0 Å². The lowest BCUT2D eigenvalue weighted by atomic mass is 9.90. The standard InChI is InChI=1S/C12H22N2O3/c1-2-13-11(15)9-14-10-3-5-12(6-4-10)16-7-8-17-12/h10,14H,2-9H2,1H3,(H,13,15). The normalized spacial score (nSPS) is 24.1. The van der Waals surface area contributed by atoms with Gasteiger partial charge >= 0.3 is 0 Å². The van der Waals surface area contributed by atoms with Crippen LogP contribution in [-0.2, 0) is 14.3 Å². The first-order chi connectivity index (χ1) is 8.24. The van der Waals surface area contributed by atoms with Crippen molar-refractivity contribution in [2.45, 2.75) is 44.4 Å². The second-order valence-corrected chi connectivity index (χ2v) is 4.72. The maximum absolute atomic E-state index is 11.3. The molecule has 2 aliphatic rings. The molecule has 0 aromatic carbocycles. The molecule has 0 unspecified atom stereocenters. The lowest BCUT2D eigenvalue weighted by Gasteiger charge is -2.35. The monoisotopic (exact) mass is 242 g/mol. The Labute approximate surface area is 102 Å². The van der Waals surface area contributed by atoms with E-state index in [1.165, 1.54) is 0 Å². The number of hydrogen-bond acceptors (Lipinski definition) is 4. The van der Waals surface area contributed by atoms with Crippen LogP contribution in [0.1, 0.15) is 32.6 Å². The molecule has 1 spiro atoms. The number of ether oxygens (including phenoxy) is 2. The van der Waals surface area contributed by atoms with Gasteiger partial charge in [-0.15, -0.1) is 0 Å². The summed E-state index contributed by atoms with van der Waals surface area (Å²) in [5, 5.41) is 6.07. The van der Waals surface area contributed by atoms with E-state index < -0.39 is 0 Å². The fourth-order valence-corrected chi connectivity index (χ4v) is 2.54. The van der Waals surface area contributed by atoms with Gasteiger partial charge in [0.25, 0.3) is 0 Å². The number of amides is 1. The van der Waals surface area contributed by atoms with Crippen LogP contribution in [0.25, 0.3) is 0 Å². The zero-order valence-corrected chi connectivity index (χ0v) is 10.5. The molecular weight excluding hydrogens is 220 g/mol. The maximum atomic E-state index is 11.3. The van der Waals surface area contributed by atoms with Crippen LogP contribution in [0.5, 0.6) is 0 Å². The number of hydrogen-bond donors (Lipinski definition) is 2. The van der Waals surface area contributed by atoms with Crippen LogP contribution in [0.3, 0.4) is 0 Å². The minimum absolute atomic E-state index is 0.0705. The Bertz CT molecular complexity index is 254. The maximum Gasteiger partial charge on any atom is 0.233 e. The number of carbonyl (C=O) groups is 1. The van der Waals surface area contributed by atoms with Crippen molar-refractivity contribution in [2.24, 2.45) is 0 Å². The molecule has 1 saturated carbocycles. The molecule has 0 aromatic heterocycles. The van der Waals surface area contributed by atoms with E-state index in [1.54, 1.807) is 0 Å². The average Bonchev–Trinajstić information content (AvgIpc) is 2.78. The van der Waals surface area contributed by atoms with Gasteiger partial charge in [0.05, 0.1) is 19.8 Å². The summed E-state index contributed by atoms with van der Waals surface area (Å²) in [5.41, 5.74) is 0. The van der Waals surface area contributed by atoms with Gasteiger partial charge in [-0.1, -0.05) is 0 Å². The summed E-state index contributed by atoms with van der Waals surface area (Å²) >= 11 is 0. The molecule has 1 aliphatic heterocycles. The number of rotatable bonds is 4. The molecule has 2 rings (SSSR count). The van der Waals surface area contributed by atoms with E-state index >= 15 is 0 Å². The Morgan fingerprint density at radius 1 is 1.29 bits per heavy atom. The Morgan fingerprint density at radius 3 is 2.53 bits per heavy atom. The van der Waals surface area contributed by atoms with E-state index in [2.05, 4.69) is 10.6 Å². The van der Waals surface area contributed by atoms with Crippen molar-refractivity contribution in [2.75, 3.05) is 26.3 Å². The Hall–Kier alpha value is -0.650. The molecule has 2 N–H and O–H groups in total. The smallest absolute Gasteiger partial charge is 0.233 e. The quantitative estimate of drug-likeness (QED) is 0.749. The summed E-state index contributed by atoms with van der Waals surface area (Å²) < 4.78 is 11.3. The van der Waals surface area contributed by atoms with E-state index in [1.807, 2.05) is 6.92 Å². The topological polar surface area (TPSA) is 59.6 Å². The molecular formula is C12H22N2O3. The van der Waals surface area contributed by atoms with E-state index in [0.717, 1.165) is 38.9 Å². The second-order valence-electron chi connectivity index (χ2n) is 4.72. The van der Waals surface area contributed by atoms with E-state index in [9.17, 15) is 4.79 Å². The van der Waals surface area contributed by atoms with Crippen molar-refractivity contribution in [3.63, 3.8) is 0 Å². The lowest BCUT2D eigenvalue weighted by Crippen LogP contribution is -2.45. The molecule has 1 amide bonds. The third-order valence-corrected chi connectivity index (χ3v) is 3.49. The van der Waals surface area contributed by atoms with Crippen LogP contribution >= 0.6 is 0 Å². The highest BCUT2D eigenvalue weighted by atomic mass is 16.7. The molecule has 17 heavy (non-hydrogen) atoms. The summed E-state index contributed by atoms with van der Waals surface area (Å²) in [5.74, 6) is -0.231. The SMILES string of the molecule is CCNC(=O)CNC1CCC2(CC1)OCCO2. The molecule has 5 heteroatoms. The third-order valence-electron chi connectivity index (χ3n) is 3.49. The van der Waals surface area contributed by atoms with Gasteiger partial charge in [0, 0.05) is 25.4 Å². The summed E-state index contributed by atoms with van der Waals surface area (Å²) in [4.78, 5) is 11.3. The highest BCUT2D eigenvalue weighted by molar-refractivity contribution is 5.77. The van der Waals surface area contributed by atoms with E-state index in [0.29, 0.717) is 19.1 Å². The summed E-state index contributed by atoms with van der Waals surface area (Å²) in [6.45, 7) is 4.47. The molecule has 1 heterocycles. The molecule has 0 bridgehead atoms. The van der Waals surface area contributed by atoms with E-state index in [-0.39, 0.29) is 11.7 Å². The third kappa shape index (κ3) is 3.40. The van der Waals surface area contributed by atoms with Gasteiger partial charge in [-0.2, -0.15) is 0 Å². The van der Waals surface area contributed by atoms with Crippen LogP contribution < -0.4 is 10.6 Å². The van der Waals surface area contributed by atoms with Crippen molar-refractivity contribution in [3.8, 4) is 0 Å². The van der Waals surface area contributed by atoms with E-state index in [4.69, 9.17) is 9.47 Å². The molecule has 0 atom stereocenters. The molecule has 2 fully saturated rings. The second kappa shape index (κ2) is 5.80. The first-order valence-corrected chi connectivity index (χ1v) is 6.52. The Balaban J connectivity index is 1.67. The van der Waals surface area contributed by atoms with Gasteiger partial charge in [0.1, 0.15) is 0 Å². The number of likely N-dealkylation sites (N-methyl/N-ethyl adjacent to an activating group) is 1. The zero-order valence-electron chi connectivity index (χ0n) is 10.5. The number of carbonyl (C=O) groups excluding carboxylic acids is 1. The minimum Gasteiger partial charge on any atom is -0.355 e. The van der Waals surface area contributed by atoms with Gasteiger partial charge in [0.15, 0.2) is 5.79 Å². The minimum atomic E-state index is -0.302. The zero-order chi connectivity index (χ0) is 12.1. The molecule has 1 saturated heterocycles. The fourth-order valence-electron chi connectivity index (χ4n) is 2.54. The first kappa shape index (κ1) is 12.8. The molecule has 5 nitrogen and oxygen atoms in total. The summed E-state index contributed by atoms with van der Waals surface area (Å²) in [7, 11) is 0. The van der Waals surface area contributed by atoms with Crippen molar-refractivity contribution < 1.29 is 14.3 Å². The molecule has 1 aliphatic carbocycles. The average molecular weight is 242 g/mol. The van der Waals surface area contributed by atoms with Crippen LogP contribution in [0.4, 0.5) is 0 Å².